The van der Waals surface area contributed by atoms with Crippen LogP contribution >= 0.6 is 27.5 Å². The molecule has 2 aromatic rings. The van der Waals surface area contributed by atoms with Gasteiger partial charge in [-0.3, -0.25) is 4.79 Å². The topological polar surface area (TPSA) is 57.7 Å². The molecule has 1 heterocycles. The third-order valence-electron chi connectivity index (χ3n) is 4.15. The number of halogens is 3. The molecule has 26 heavy (non-hydrogen) atoms. The van der Waals surface area contributed by atoms with Gasteiger partial charge in [-0.15, -0.1) is 0 Å². The second-order valence-electron chi connectivity index (χ2n) is 5.78. The normalized spacial score (nSPS) is 15.9. The molecule has 1 aliphatic rings. The molecule has 0 saturated carbocycles. The Morgan fingerprint density at radius 2 is 1.65 bits per heavy atom. The maximum Gasteiger partial charge on any atom is 0.253 e. The summed E-state index contributed by atoms with van der Waals surface area (Å²) in [7, 11) is -3.78. The van der Waals surface area contributed by atoms with Gasteiger partial charge in [0.05, 0.1) is 9.92 Å². The summed E-state index contributed by atoms with van der Waals surface area (Å²) in [5.41, 5.74) is 0.551. The van der Waals surface area contributed by atoms with Crippen molar-refractivity contribution >= 4 is 43.5 Å². The van der Waals surface area contributed by atoms with Crippen molar-refractivity contribution in [2.24, 2.45) is 0 Å². The first-order chi connectivity index (χ1) is 12.3. The fraction of sp³-hybridized carbons (Fsp3) is 0.235. The minimum absolute atomic E-state index is 0.0587. The van der Waals surface area contributed by atoms with Gasteiger partial charge in [0.15, 0.2) is 0 Å². The maximum absolute atomic E-state index is 13.3. The highest BCUT2D eigenvalue weighted by molar-refractivity contribution is 9.10. The Morgan fingerprint density at radius 1 is 1.04 bits per heavy atom. The molecule has 0 bridgehead atoms. The summed E-state index contributed by atoms with van der Waals surface area (Å²) < 4.78 is 40.8. The van der Waals surface area contributed by atoms with Crippen molar-refractivity contribution in [1.29, 1.82) is 0 Å². The number of carbonyl (C=O) groups excluding carboxylic acids is 1. The Hall–Kier alpha value is -1.48. The van der Waals surface area contributed by atoms with Crippen LogP contribution < -0.4 is 0 Å². The smallest absolute Gasteiger partial charge is 0.253 e. The van der Waals surface area contributed by atoms with Crippen LogP contribution in [0.15, 0.2) is 51.8 Å². The lowest BCUT2D eigenvalue weighted by Gasteiger charge is -2.34. The quantitative estimate of drug-likeness (QED) is 0.704. The number of nitrogens with zero attached hydrogens (tertiary/aromatic N) is 2. The Kier molecular flexibility index (Phi) is 5.67. The molecule has 0 unspecified atom stereocenters. The number of piperazine rings is 1. The number of hydrogen-bond acceptors (Lipinski definition) is 3. The molecule has 0 radical (unpaired) electrons. The minimum atomic E-state index is -3.78. The van der Waals surface area contributed by atoms with Gasteiger partial charge in [0.1, 0.15) is 5.82 Å². The van der Waals surface area contributed by atoms with Crippen LogP contribution in [0.1, 0.15) is 10.4 Å². The average molecular weight is 462 g/mol. The van der Waals surface area contributed by atoms with Gasteiger partial charge in [-0.1, -0.05) is 27.5 Å². The van der Waals surface area contributed by atoms with Gasteiger partial charge in [0.25, 0.3) is 5.91 Å². The first-order valence-electron chi connectivity index (χ1n) is 7.79. The van der Waals surface area contributed by atoms with Crippen LogP contribution in [-0.2, 0) is 10.0 Å². The molecule has 3 rings (SSSR count). The molecule has 1 aliphatic heterocycles. The predicted octanol–water partition coefficient (Wildman–Crippen LogP) is 3.39. The summed E-state index contributed by atoms with van der Waals surface area (Å²) in [4.78, 5) is 14.1. The summed E-state index contributed by atoms with van der Waals surface area (Å²) in [5.74, 6) is -0.810. The average Bonchev–Trinajstić information content (AvgIpc) is 2.64. The molecule has 0 aromatic heterocycles. The zero-order valence-corrected chi connectivity index (χ0v) is 16.7. The number of sulfonamides is 1. The lowest BCUT2D eigenvalue weighted by atomic mass is 10.2. The standard InChI is InChI=1S/C17H15BrClFN2O3S/c18-13-3-1-12(2-4-13)17(23)21-7-9-22(10-8-21)26(24,25)14-5-6-16(20)15(19)11-14/h1-6,11H,7-10H2. The number of benzene rings is 2. The van der Waals surface area contributed by atoms with Crippen LogP contribution in [0.25, 0.3) is 0 Å². The summed E-state index contributed by atoms with van der Waals surface area (Å²) in [6, 6.07) is 10.3. The van der Waals surface area contributed by atoms with Crippen LogP contribution in [-0.4, -0.2) is 49.7 Å². The van der Waals surface area contributed by atoms with Crippen molar-refractivity contribution in [2.45, 2.75) is 4.90 Å². The minimum Gasteiger partial charge on any atom is -0.336 e. The molecular weight excluding hydrogens is 447 g/mol. The van der Waals surface area contributed by atoms with Crippen molar-refractivity contribution in [3.05, 3.63) is 63.3 Å². The van der Waals surface area contributed by atoms with E-state index in [1.165, 1.54) is 10.4 Å². The van der Waals surface area contributed by atoms with Crippen molar-refractivity contribution < 1.29 is 17.6 Å². The highest BCUT2D eigenvalue weighted by Gasteiger charge is 2.30. The van der Waals surface area contributed by atoms with E-state index in [1.54, 1.807) is 29.2 Å². The lowest BCUT2D eigenvalue weighted by molar-refractivity contribution is 0.0698. The molecule has 9 heteroatoms. The maximum atomic E-state index is 13.3. The van der Waals surface area contributed by atoms with Crippen LogP contribution in [0.4, 0.5) is 4.39 Å². The van der Waals surface area contributed by atoms with Gasteiger partial charge < -0.3 is 4.90 Å². The number of rotatable bonds is 3. The Bertz CT molecular complexity index is 930. The van der Waals surface area contributed by atoms with Crippen LogP contribution in [0.2, 0.25) is 5.02 Å². The van der Waals surface area contributed by atoms with Crippen molar-refractivity contribution in [3.8, 4) is 0 Å². The highest BCUT2D eigenvalue weighted by Crippen LogP contribution is 2.23. The number of carbonyl (C=O) groups is 1. The molecule has 0 aliphatic carbocycles. The molecule has 1 amide bonds. The molecule has 1 saturated heterocycles. The van der Waals surface area contributed by atoms with E-state index in [0.717, 1.165) is 16.6 Å². The Labute approximate surface area is 164 Å². The summed E-state index contributed by atoms with van der Waals surface area (Å²) in [6.45, 7) is 0.894. The van der Waals surface area contributed by atoms with Crippen molar-refractivity contribution in [1.82, 2.24) is 9.21 Å². The van der Waals surface area contributed by atoms with E-state index in [1.807, 2.05) is 0 Å². The Morgan fingerprint density at radius 3 is 2.23 bits per heavy atom. The number of hydrogen-bond donors (Lipinski definition) is 0. The van der Waals surface area contributed by atoms with Gasteiger partial charge in [-0.2, -0.15) is 4.31 Å². The summed E-state index contributed by atoms with van der Waals surface area (Å²) in [6.07, 6.45) is 0. The SMILES string of the molecule is O=C(c1ccc(Br)cc1)N1CCN(S(=O)(=O)c2ccc(F)c(Cl)c2)CC1. The molecule has 2 aromatic carbocycles. The van der Waals surface area contributed by atoms with Gasteiger partial charge >= 0.3 is 0 Å². The summed E-state index contributed by atoms with van der Waals surface area (Å²) >= 11 is 9.01. The monoisotopic (exact) mass is 460 g/mol. The van der Waals surface area contributed by atoms with Gasteiger partial charge in [0, 0.05) is 36.2 Å². The van der Waals surface area contributed by atoms with E-state index in [2.05, 4.69) is 15.9 Å². The van der Waals surface area contributed by atoms with E-state index < -0.39 is 15.8 Å². The van der Waals surface area contributed by atoms with Crippen LogP contribution in [0.5, 0.6) is 0 Å². The second-order valence-corrected chi connectivity index (χ2v) is 9.04. The van der Waals surface area contributed by atoms with E-state index in [4.69, 9.17) is 11.6 Å². The number of amides is 1. The fourth-order valence-electron chi connectivity index (χ4n) is 2.69. The second kappa shape index (κ2) is 7.64. The van der Waals surface area contributed by atoms with Crippen LogP contribution in [0.3, 0.4) is 0 Å². The van der Waals surface area contributed by atoms with E-state index in [0.29, 0.717) is 5.56 Å². The zero-order valence-electron chi connectivity index (χ0n) is 13.5. The molecule has 0 spiro atoms. The third kappa shape index (κ3) is 3.93. The first kappa shape index (κ1) is 19.3. The van der Waals surface area contributed by atoms with Crippen LogP contribution in [0, 0.1) is 5.82 Å². The van der Waals surface area contributed by atoms with E-state index >= 15 is 0 Å². The first-order valence-corrected chi connectivity index (χ1v) is 10.4. The van der Waals surface area contributed by atoms with Gasteiger partial charge in [-0.25, -0.2) is 12.8 Å². The van der Waals surface area contributed by atoms with Crippen molar-refractivity contribution in [2.75, 3.05) is 26.2 Å². The van der Waals surface area contributed by atoms with Crippen molar-refractivity contribution in [3.63, 3.8) is 0 Å². The predicted molar refractivity (Wildman–Crippen MR) is 100 cm³/mol. The molecule has 1 fully saturated rings. The lowest BCUT2D eigenvalue weighted by Crippen LogP contribution is -2.50. The zero-order chi connectivity index (χ0) is 18.9. The molecule has 0 atom stereocenters. The highest BCUT2D eigenvalue weighted by atomic mass is 79.9. The third-order valence-corrected chi connectivity index (χ3v) is 6.86. The van der Waals surface area contributed by atoms with Gasteiger partial charge in [-0.05, 0) is 42.5 Å². The molecular formula is C17H15BrClFN2O3S. The van der Waals surface area contributed by atoms with Gasteiger partial charge in [0.2, 0.25) is 10.0 Å². The van der Waals surface area contributed by atoms with E-state index in [-0.39, 0.29) is 42.0 Å². The molecule has 5 nitrogen and oxygen atoms in total. The largest absolute Gasteiger partial charge is 0.336 e. The summed E-state index contributed by atoms with van der Waals surface area (Å²) in [5, 5.41) is -0.241. The Balaban J connectivity index is 1.70. The van der Waals surface area contributed by atoms with E-state index in [9.17, 15) is 17.6 Å². The molecule has 0 N–H and O–H groups in total. The fourth-order valence-corrected chi connectivity index (χ4v) is 4.65. The molecule has 138 valence electrons.